The van der Waals surface area contributed by atoms with Crippen molar-refractivity contribution >= 4 is 23.2 Å². The van der Waals surface area contributed by atoms with Crippen LogP contribution in [0.2, 0.25) is 5.02 Å². The van der Waals surface area contributed by atoms with Crippen LogP contribution in [0.3, 0.4) is 0 Å². The van der Waals surface area contributed by atoms with Crippen LogP contribution in [0.15, 0.2) is 62.6 Å². The molecule has 0 radical (unpaired) electrons. The molecule has 4 aromatic rings. The van der Waals surface area contributed by atoms with E-state index in [0.29, 0.717) is 5.69 Å². The largest absolute Gasteiger partial charge is 0.352 e. The number of anilines is 1. The highest BCUT2D eigenvalue weighted by atomic mass is 35.5. The molecule has 2 heterocycles. The molecule has 1 N–H and O–H groups in total. The number of carbonyl (C=O) groups is 1. The Hall–Kier alpha value is -4.12. The summed E-state index contributed by atoms with van der Waals surface area (Å²) in [6.07, 6.45) is 0.0312. The minimum absolute atomic E-state index is 0.0362. The minimum atomic E-state index is -0.657. The van der Waals surface area contributed by atoms with Gasteiger partial charge in [0.05, 0.1) is 16.4 Å². The maximum atomic E-state index is 13.1. The molecule has 10 nitrogen and oxygen atoms in total. The monoisotopic (exact) mass is 484 g/mol. The van der Waals surface area contributed by atoms with Crippen LogP contribution in [-0.4, -0.2) is 30.4 Å². The Kier molecular flexibility index (Phi) is 6.64. The highest BCUT2D eigenvalue weighted by molar-refractivity contribution is 6.33. The van der Waals surface area contributed by atoms with Crippen molar-refractivity contribution in [2.75, 3.05) is 5.32 Å². The second-order valence-corrected chi connectivity index (χ2v) is 7.52. The molecule has 4 rings (SSSR count). The van der Waals surface area contributed by atoms with Crippen molar-refractivity contribution in [3.05, 3.63) is 86.1 Å². The predicted molar refractivity (Wildman–Crippen MR) is 121 cm³/mol. The van der Waals surface area contributed by atoms with Crippen LogP contribution in [0.25, 0.3) is 17.2 Å². The summed E-state index contributed by atoms with van der Waals surface area (Å²) in [6, 6.07) is 12.2. The lowest BCUT2D eigenvalue weighted by molar-refractivity contribution is -0.116. The fraction of sp³-hybridized carbons (Fsp3) is 0.182. The Morgan fingerprint density at radius 1 is 1.18 bits per heavy atom. The first-order chi connectivity index (χ1) is 16.4. The van der Waals surface area contributed by atoms with Crippen molar-refractivity contribution in [3.63, 3.8) is 0 Å². The van der Waals surface area contributed by atoms with Crippen LogP contribution < -0.4 is 16.6 Å². The van der Waals surface area contributed by atoms with Gasteiger partial charge in [0.25, 0.3) is 5.56 Å². The van der Waals surface area contributed by atoms with E-state index in [9.17, 15) is 18.8 Å². The highest BCUT2D eigenvalue weighted by Crippen LogP contribution is 2.22. The van der Waals surface area contributed by atoms with Crippen LogP contribution >= 0.6 is 11.6 Å². The van der Waals surface area contributed by atoms with Gasteiger partial charge < -0.3 is 9.84 Å². The van der Waals surface area contributed by atoms with E-state index >= 15 is 0 Å². The first kappa shape index (κ1) is 23.1. The molecule has 2 aromatic heterocycles. The summed E-state index contributed by atoms with van der Waals surface area (Å²) in [5, 5.41) is 10.6. The highest BCUT2D eigenvalue weighted by Gasteiger charge is 2.20. The standard InChI is InChI=1S/C22H18ClFN6O4/c1-2-29-21(32)19(27-30(22(29)33)14-6-4-3-5-7-14)20-26-18(34-28-20)11-10-17(31)25-16-9-8-13(24)12-15(16)23/h3-9,12H,2,10-11H2,1H3,(H,25,31). The molecule has 0 fully saturated rings. The summed E-state index contributed by atoms with van der Waals surface area (Å²) in [4.78, 5) is 41.9. The molecule has 12 heteroatoms. The van der Waals surface area contributed by atoms with Crippen molar-refractivity contribution in [3.8, 4) is 17.2 Å². The number of aryl methyl sites for hydroxylation is 1. The molecule has 0 bridgehead atoms. The maximum absolute atomic E-state index is 13.1. The van der Waals surface area contributed by atoms with E-state index in [2.05, 4.69) is 20.6 Å². The Morgan fingerprint density at radius 2 is 1.94 bits per heavy atom. The topological polar surface area (TPSA) is 125 Å². The minimum Gasteiger partial charge on any atom is -0.339 e. The number of para-hydroxylation sites is 1. The van der Waals surface area contributed by atoms with Gasteiger partial charge in [-0.1, -0.05) is 35.0 Å². The molecular formula is C22H18ClFN6O4. The van der Waals surface area contributed by atoms with Crippen LogP contribution in [-0.2, 0) is 17.8 Å². The molecule has 0 aliphatic heterocycles. The maximum Gasteiger partial charge on any atom is 0.352 e. The summed E-state index contributed by atoms with van der Waals surface area (Å²) in [6.45, 7) is 1.78. The summed E-state index contributed by atoms with van der Waals surface area (Å²) < 4.78 is 20.4. The second kappa shape index (κ2) is 9.79. The van der Waals surface area contributed by atoms with Gasteiger partial charge in [-0.15, -0.1) is 0 Å². The zero-order chi connectivity index (χ0) is 24.2. The van der Waals surface area contributed by atoms with Crippen LogP contribution in [0, 0.1) is 5.82 Å². The van der Waals surface area contributed by atoms with Gasteiger partial charge in [-0.2, -0.15) is 14.8 Å². The number of amides is 1. The number of nitrogens with zero attached hydrogens (tertiary/aromatic N) is 5. The first-order valence-electron chi connectivity index (χ1n) is 10.2. The lowest BCUT2D eigenvalue weighted by atomic mass is 10.2. The number of hydrogen-bond donors (Lipinski definition) is 1. The van der Waals surface area contributed by atoms with Gasteiger partial charge >= 0.3 is 5.69 Å². The van der Waals surface area contributed by atoms with Crippen LogP contribution in [0.4, 0.5) is 10.1 Å². The fourth-order valence-corrected chi connectivity index (χ4v) is 3.36. The number of benzene rings is 2. The summed E-state index contributed by atoms with van der Waals surface area (Å²) in [5.74, 6) is -0.931. The van der Waals surface area contributed by atoms with Gasteiger partial charge in [0.1, 0.15) is 5.82 Å². The third-order valence-corrected chi connectivity index (χ3v) is 5.14. The fourth-order valence-electron chi connectivity index (χ4n) is 3.15. The molecule has 0 saturated heterocycles. The third kappa shape index (κ3) is 4.79. The van der Waals surface area contributed by atoms with Gasteiger partial charge in [-0.25, -0.2) is 9.18 Å². The third-order valence-electron chi connectivity index (χ3n) is 4.83. The molecule has 0 spiro atoms. The first-order valence-corrected chi connectivity index (χ1v) is 10.6. The second-order valence-electron chi connectivity index (χ2n) is 7.11. The van der Waals surface area contributed by atoms with Gasteiger partial charge in [0.15, 0.2) is 5.69 Å². The molecule has 0 unspecified atom stereocenters. The van der Waals surface area contributed by atoms with Crippen molar-refractivity contribution in [1.82, 2.24) is 24.5 Å². The molecule has 34 heavy (non-hydrogen) atoms. The molecule has 0 atom stereocenters. The number of carbonyl (C=O) groups excluding carboxylic acids is 1. The van der Waals surface area contributed by atoms with Gasteiger partial charge in [0, 0.05) is 19.4 Å². The van der Waals surface area contributed by atoms with Crippen LogP contribution in [0.1, 0.15) is 19.2 Å². The lowest BCUT2D eigenvalue weighted by Gasteiger charge is -2.09. The van der Waals surface area contributed by atoms with Gasteiger partial charge in [-0.3, -0.25) is 14.2 Å². The van der Waals surface area contributed by atoms with E-state index in [4.69, 9.17) is 16.1 Å². The SMILES string of the molecule is CCn1c(=O)c(-c2noc(CCC(=O)Nc3ccc(F)cc3Cl)n2)nn(-c2ccccc2)c1=O. The smallest absolute Gasteiger partial charge is 0.339 e. The van der Waals surface area contributed by atoms with E-state index < -0.39 is 23.0 Å². The number of rotatable bonds is 7. The van der Waals surface area contributed by atoms with Crippen molar-refractivity contribution in [2.24, 2.45) is 0 Å². The van der Waals surface area contributed by atoms with E-state index in [1.807, 2.05) is 0 Å². The Labute approximate surface area is 196 Å². The molecular weight excluding hydrogens is 467 g/mol. The zero-order valence-electron chi connectivity index (χ0n) is 17.9. The van der Waals surface area contributed by atoms with E-state index in [1.165, 1.54) is 12.1 Å². The number of hydrogen-bond acceptors (Lipinski definition) is 7. The Bertz CT molecular complexity index is 1460. The summed E-state index contributed by atoms with van der Waals surface area (Å²) in [5.41, 5.74) is -0.677. The van der Waals surface area contributed by atoms with Gasteiger partial charge in [-0.05, 0) is 37.3 Å². The van der Waals surface area contributed by atoms with Crippen molar-refractivity contribution in [1.29, 1.82) is 0 Å². The molecule has 0 aliphatic rings. The zero-order valence-corrected chi connectivity index (χ0v) is 18.6. The molecule has 174 valence electrons. The molecule has 2 aromatic carbocycles. The predicted octanol–water partition coefficient (Wildman–Crippen LogP) is 2.83. The quantitative estimate of drug-likeness (QED) is 0.427. The lowest BCUT2D eigenvalue weighted by Crippen LogP contribution is -2.41. The molecule has 1 amide bonds. The van der Waals surface area contributed by atoms with E-state index in [1.54, 1.807) is 37.3 Å². The van der Waals surface area contributed by atoms with E-state index in [-0.39, 0.29) is 47.5 Å². The average molecular weight is 485 g/mol. The number of halogens is 2. The molecule has 0 aliphatic carbocycles. The summed E-state index contributed by atoms with van der Waals surface area (Å²) >= 11 is 5.91. The number of aromatic nitrogens is 5. The van der Waals surface area contributed by atoms with Crippen molar-refractivity contribution in [2.45, 2.75) is 26.3 Å². The van der Waals surface area contributed by atoms with E-state index in [0.717, 1.165) is 15.3 Å². The molecule has 0 saturated carbocycles. The average Bonchev–Trinajstić information content (AvgIpc) is 3.29. The summed E-state index contributed by atoms with van der Waals surface area (Å²) in [7, 11) is 0. The number of nitrogens with one attached hydrogen (secondary N) is 1. The van der Waals surface area contributed by atoms with Crippen LogP contribution in [0.5, 0.6) is 0 Å². The Morgan fingerprint density at radius 3 is 2.65 bits per heavy atom. The Balaban J connectivity index is 1.55. The van der Waals surface area contributed by atoms with Gasteiger partial charge in [0.2, 0.25) is 17.6 Å². The normalized spacial score (nSPS) is 10.9. The van der Waals surface area contributed by atoms with Crippen molar-refractivity contribution < 1.29 is 13.7 Å².